The minimum atomic E-state index is 0.689. The molecule has 22 heavy (non-hydrogen) atoms. The van der Waals surface area contributed by atoms with E-state index in [1.165, 1.54) is 22.3 Å². The van der Waals surface area contributed by atoms with Crippen LogP contribution in [0.4, 0.5) is 0 Å². The van der Waals surface area contributed by atoms with Crippen molar-refractivity contribution in [2.45, 2.75) is 20.8 Å². The first kappa shape index (κ1) is 14.5. The van der Waals surface area contributed by atoms with Crippen LogP contribution in [0.5, 0.6) is 5.75 Å². The zero-order chi connectivity index (χ0) is 15.5. The summed E-state index contributed by atoms with van der Waals surface area (Å²) in [5.41, 5.74) is 5.81. The molecule has 0 fully saturated rings. The molecule has 0 aliphatic rings. The van der Waals surface area contributed by atoms with E-state index in [4.69, 9.17) is 9.15 Å². The van der Waals surface area contributed by atoms with Gasteiger partial charge in [0.05, 0.1) is 12.9 Å². The highest BCUT2D eigenvalue weighted by Gasteiger charge is 2.09. The van der Waals surface area contributed by atoms with Crippen molar-refractivity contribution in [1.29, 1.82) is 0 Å². The summed E-state index contributed by atoms with van der Waals surface area (Å²) in [5, 5.41) is 0. The van der Waals surface area contributed by atoms with E-state index in [0.29, 0.717) is 6.61 Å². The summed E-state index contributed by atoms with van der Waals surface area (Å²) in [6, 6.07) is 16.7. The molecular formula is C20H20O2. The lowest BCUT2D eigenvalue weighted by molar-refractivity contribution is 0.335. The summed E-state index contributed by atoms with van der Waals surface area (Å²) in [7, 11) is 0. The van der Waals surface area contributed by atoms with E-state index in [1.54, 1.807) is 6.26 Å². The smallest absolute Gasteiger partial charge is 0.133 e. The van der Waals surface area contributed by atoms with Gasteiger partial charge in [-0.05, 0) is 73.4 Å². The van der Waals surface area contributed by atoms with Crippen molar-refractivity contribution < 1.29 is 9.15 Å². The van der Waals surface area contributed by atoms with E-state index in [0.717, 1.165) is 17.1 Å². The first-order chi connectivity index (χ1) is 10.7. The molecule has 0 spiro atoms. The normalized spacial score (nSPS) is 10.7. The molecule has 1 aromatic heterocycles. The monoisotopic (exact) mass is 292 g/mol. The molecule has 0 amide bonds. The van der Waals surface area contributed by atoms with E-state index in [9.17, 15) is 0 Å². The molecule has 0 bridgehead atoms. The average Bonchev–Trinajstić information content (AvgIpc) is 3.05. The highest BCUT2D eigenvalue weighted by atomic mass is 16.5. The third-order valence-electron chi connectivity index (χ3n) is 3.75. The fourth-order valence-electron chi connectivity index (χ4n) is 2.78. The van der Waals surface area contributed by atoms with Crippen molar-refractivity contribution in [2.75, 3.05) is 6.61 Å². The minimum absolute atomic E-state index is 0.689. The van der Waals surface area contributed by atoms with E-state index in [-0.39, 0.29) is 0 Å². The van der Waals surface area contributed by atoms with Gasteiger partial charge in [0.15, 0.2) is 0 Å². The van der Waals surface area contributed by atoms with Crippen LogP contribution in [0.15, 0.2) is 59.2 Å². The Balaban J connectivity index is 2.03. The zero-order valence-electron chi connectivity index (χ0n) is 13.2. The van der Waals surface area contributed by atoms with Gasteiger partial charge in [-0.15, -0.1) is 0 Å². The molecule has 112 valence electrons. The number of benzene rings is 2. The predicted octanol–water partition coefficient (Wildman–Crippen LogP) is 5.63. The van der Waals surface area contributed by atoms with Gasteiger partial charge in [0.1, 0.15) is 11.5 Å². The van der Waals surface area contributed by atoms with Crippen LogP contribution in [0.2, 0.25) is 0 Å². The molecule has 0 atom stereocenters. The molecule has 0 unspecified atom stereocenters. The molecule has 3 aromatic rings. The molecule has 0 saturated heterocycles. The summed E-state index contributed by atoms with van der Waals surface area (Å²) in [4.78, 5) is 0. The van der Waals surface area contributed by atoms with Crippen molar-refractivity contribution in [3.63, 3.8) is 0 Å². The molecule has 0 saturated carbocycles. The third-order valence-corrected chi connectivity index (χ3v) is 3.75. The van der Waals surface area contributed by atoms with Gasteiger partial charge < -0.3 is 9.15 Å². The summed E-state index contributed by atoms with van der Waals surface area (Å²) >= 11 is 0. The Bertz CT molecular complexity index is 747. The van der Waals surface area contributed by atoms with Gasteiger partial charge >= 0.3 is 0 Å². The fraction of sp³-hybridized carbons (Fsp3) is 0.200. The molecule has 0 N–H and O–H groups in total. The van der Waals surface area contributed by atoms with Crippen LogP contribution in [0, 0.1) is 13.8 Å². The zero-order valence-corrected chi connectivity index (χ0v) is 13.2. The summed E-state index contributed by atoms with van der Waals surface area (Å²) in [6.07, 6.45) is 1.70. The second kappa shape index (κ2) is 6.10. The van der Waals surface area contributed by atoms with Crippen LogP contribution in [0.3, 0.4) is 0 Å². The molecular weight excluding hydrogens is 272 g/mol. The maximum atomic E-state index is 5.73. The molecule has 3 rings (SSSR count). The van der Waals surface area contributed by atoms with Crippen LogP contribution in [0.1, 0.15) is 18.1 Å². The van der Waals surface area contributed by atoms with Gasteiger partial charge in [-0.3, -0.25) is 0 Å². The molecule has 2 aromatic carbocycles. The predicted molar refractivity (Wildman–Crippen MR) is 90.2 cm³/mol. The van der Waals surface area contributed by atoms with E-state index in [2.05, 4.69) is 50.2 Å². The van der Waals surface area contributed by atoms with Crippen molar-refractivity contribution in [3.8, 4) is 28.2 Å². The minimum Gasteiger partial charge on any atom is -0.493 e. The van der Waals surface area contributed by atoms with Gasteiger partial charge in [-0.1, -0.05) is 18.2 Å². The molecule has 0 aliphatic heterocycles. The van der Waals surface area contributed by atoms with Crippen LogP contribution in [0.25, 0.3) is 22.5 Å². The second-order valence-corrected chi connectivity index (χ2v) is 5.43. The van der Waals surface area contributed by atoms with Gasteiger partial charge in [-0.2, -0.15) is 0 Å². The van der Waals surface area contributed by atoms with Crippen molar-refractivity contribution in [3.05, 3.63) is 65.9 Å². The number of rotatable bonds is 4. The Kier molecular flexibility index (Phi) is 4.01. The first-order valence-corrected chi connectivity index (χ1v) is 7.57. The van der Waals surface area contributed by atoms with Crippen molar-refractivity contribution in [1.82, 2.24) is 0 Å². The van der Waals surface area contributed by atoms with E-state index >= 15 is 0 Å². The second-order valence-electron chi connectivity index (χ2n) is 5.43. The Hall–Kier alpha value is -2.48. The van der Waals surface area contributed by atoms with Crippen LogP contribution in [-0.4, -0.2) is 6.61 Å². The largest absolute Gasteiger partial charge is 0.493 e. The van der Waals surface area contributed by atoms with Gasteiger partial charge in [0.25, 0.3) is 0 Å². The number of hydrogen-bond acceptors (Lipinski definition) is 2. The Labute approximate surface area is 131 Å². The number of aryl methyl sites for hydroxylation is 2. The summed E-state index contributed by atoms with van der Waals surface area (Å²) < 4.78 is 11.2. The molecule has 0 radical (unpaired) electrons. The quantitative estimate of drug-likeness (QED) is 0.622. The first-order valence-electron chi connectivity index (χ1n) is 7.57. The summed E-state index contributed by atoms with van der Waals surface area (Å²) in [6.45, 7) is 6.89. The van der Waals surface area contributed by atoms with Gasteiger partial charge in [0, 0.05) is 5.56 Å². The summed E-state index contributed by atoms with van der Waals surface area (Å²) in [5.74, 6) is 1.88. The molecule has 0 aliphatic carbocycles. The Morgan fingerprint density at radius 2 is 1.59 bits per heavy atom. The molecule has 1 heterocycles. The van der Waals surface area contributed by atoms with Crippen LogP contribution in [-0.2, 0) is 0 Å². The van der Waals surface area contributed by atoms with Crippen molar-refractivity contribution in [2.24, 2.45) is 0 Å². The lowest BCUT2D eigenvalue weighted by Gasteiger charge is -2.13. The highest BCUT2D eigenvalue weighted by molar-refractivity contribution is 5.72. The Morgan fingerprint density at radius 1 is 0.864 bits per heavy atom. The van der Waals surface area contributed by atoms with Crippen molar-refractivity contribution >= 4 is 0 Å². The molecule has 2 heteroatoms. The third kappa shape index (κ3) is 2.77. The topological polar surface area (TPSA) is 22.4 Å². The molecule has 2 nitrogen and oxygen atoms in total. The van der Waals surface area contributed by atoms with Crippen LogP contribution < -0.4 is 4.74 Å². The lowest BCUT2D eigenvalue weighted by atomic mass is 9.98. The highest BCUT2D eigenvalue weighted by Crippen LogP contribution is 2.32. The average molecular weight is 292 g/mol. The number of furan rings is 1. The lowest BCUT2D eigenvalue weighted by Crippen LogP contribution is -1.97. The number of ether oxygens (including phenoxy) is 1. The maximum Gasteiger partial charge on any atom is 0.133 e. The van der Waals surface area contributed by atoms with Gasteiger partial charge in [-0.25, -0.2) is 0 Å². The Morgan fingerprint density at radius 3 is 2.23 bits per heavy atom. The fourth-order valence-corrected chi connectivity index (χ4v) is 2.78. The van der Waals surface area contributed by atoms with E-state index in [1.807, 2.05) is 19.1 Å². The van der Waals surface area contributed by atoms with E-state index < -0.39 is 0 Å². The standard InChI is InChI=1S/C20H20O2/c1-4-21-20-14(2)11-18(12-15(20)3)16-7-5-8-17(13-16)19-9-6-10-22-19/h5-13H,4H2,1-3H3. The maximum absolute atomic E-state index is 5.73. The SMILES string of the molecule is CCOc1c(C)cc(-c2cccc(-c3ccco3)c2)cc1C. The number of hydrogen-bond donors (Lipinski definition) is 0. The van der Waals surface area contributed by atoms with Crippen LogP contribution >= 0.6 is 0 Å². The van der Waals surface area contributed by atoms with Gasteiger partial charge in [0.2, 0.25) is 0 Å².